The van der Waals surface area contributed by atoms with E-state index in [4.69, 9.17) is 0 Å². The van der Waals surface area contributed by atoms with Crippen LogP contribution in [-0.4, -0.2) is 31.2 Å². The summed E-state index contributed by atoms with van der Waals surface area (Å²) >= 11 is 0. The number of rotatable bonds is 2. The maximum atomic E-state index is 12.5. The second-order valence-electron chi connectivity index (χ2n) is 4.08. The molecule has 0 spiro atoms. The van der Waals surface area contributed by atoms with Gasteiger partial charge in [-0.25, -0.2) is 0 Å². The minimum atomic E-state index is -4.25. The third-order valence-electron chi connectivity index (χ3n) is 2.49. The van der Waals surface area contributed by atoms with Gasteiger partial charge in [0.05, 0.1) is 12.0 Å². The van der Waals surface area contributed by atoms with Crippen LogP contribution in [0.25, 0.3) is 0 Å². The molecule has 0 radical (unpaired) electrons. The average molecular weight is 224 g/mol. The van der Waals surface area contributed by atoms with E-state index < -0.39 is 18.1 Å². The highest BCUT2D eigenvalue weighted by atomic mass is 19.4. The van der Waals surface area contributed by atoms with Gasteiger partial charge in [0.2, 0.25) is 5.91 Å². The SMILES string of the molecule is CC(C)C(=O)N[C@@H]1CNC[C@H]1C(F)(F)F. The Morgan fingerprint density at radius 2 is 2.00 bits per heavy atom. The fraction of sp³-hybridized carbons (Fsp3) is 0.889. The zero-order valence-corrected chi connectivity index (χ0v) is 8.69. The lowest BCUT2D eigenvalue weighted by atomic mass is 10.0. The zero-order valence-electron chi connectivity index (χ0n) is 8.69. The van der Waals surface area contributed by atoms with Crippen LogP contribution >= 0.6 is 0 Å². The van der Waals surface area contributed by atoms with E-state index >= 15 is 0 Å². The molecule has 1 fully saturated rings. The van der Waals surface area contributed by atoms with Crippen LogP contribution in [0.2, 0.25) is 0 Å². The van der Waals surface area contributed by atoms with Crippen molar-refractivity contribution in [3.05, 3.63) is 0 Å². The molecule has 0 aromatic heterocycles. The molecule has 1 amide bonds. The Morgan fingerprint density at radius 3 is 2.47 bits per heavy atom. The van der Waals surface area contributed by atoms with Gasteiger partial charge in [0, 0.05) is 19.0 Å². The first-order valence-corrected chi connectivity index (χ1v) is 4.90. The van der Waals surface area contributed by atoms with Crippen molar-refractivity contribution in [1.82, 2.24) is 10.6 Å². The molecule has 0 saturated carbocycles. The Kier molecular flexibility index (Phi) is 3.59. The van der Waals surface area contributed by atoms with Crippen molar-refractivity contribution < 1.29 is 18.0 Å². The van der Waals surface area contributed by atoms with E-state index in [9.17, 15) is 18.0 Å². The predicted molar refractivity (Wildman–Crippen MR) is 49.2 cm³/mol. The smallest absolute Gasteiger partial charge is 0.351 e. The number of hydrogen-bond acceptors (Lipinski definition) is 2. The topological polar surface area (TPSA) is 41.1 Å². The summed E-state index contributed by atoms with van der Waals surface area (Å²) in [6.07, 6.45) is -4.25. The van der Waals surface area contributed by atoms with Crippen LogP contribution in [0.15, 0.2) is 0 Å². The summed E-state index contributed by atoms with van der Waals surface area (Å²) < 4.78 is 37.4. The molecular weight excluding hydrogens is 209 g/mol. The van der Waals surface area contributed by atoms with Gasteiger partial charge in [-0.15, -0.1) is 0 Å². The molecule has 0 aliphatic carbocycles. The first kappa shape index (κ1) is 12.3. The molecule has 3 nitrogen and oxygen atoms in total. The Labute approximate surface area is 86.4 Å². The van der Waals surface area contributed by atoms with Gasteiger partial charge in [0.1, 0.15) is 0 Å². The maximum Gasteiger partial charge on any atom is 0.395 e. The van der Waals surface area contributed by atoms with E-state index in [1.807, 2.05) is 0 Å². The van der Waals surface area contributed by atoms with E-state index in [1.54, 1.807) is 13.8 Å². The fourth-order valence-electron chi connectivity index (χ4n) is 1.52. The van der Waals surface area contributed by atoms with Crippen molar-refractivity contribution in [1.29, 1.82) is 0 Å². The highest BCUT2D eigenvalue weighted by Crippen LogP contribution is 2.30. The number of nitrogens with one attached hydrogen (secondary N) is 2. The van der Waals surface area contributed by atoms with Gasteiger partial charge in [-0.1, -0.05) is 13.8 Å². The summed E-state index contributed by atoms with van der Waals surface area (Å²) in [6, 6.07) is -0.833. The van der Waals surface area contributed by atoms with Crippen LogP contribution < -0.4 is 10.6 Å². The summed E-state index contributed by atoms with van der Waals surface area (Å²) in [7, 11) is 0. The van der Waals surface area contributed by atoms with E-state index in [0.717, 1.165) is 0 Å². The molecule has 1 aliphatic heterocycles. The lowest BCUT2D eigenvalue weighted by Gasteiger charge is -2.23. The predicted octanol–water partition coefficient (Wildman–Crippen LogP) is 0.909. The monoisotopic (exact) mass is 224 g/mol. The van der Waals surface area contributed by atoms with Crippen LogP contribution in [0, 0.1) is 11.8 Å². The molecule has 0 unspecified atom stereocenters. The molecule has 1 rings (SSSR count). The first-order chi connectivity index (χ1) is 6.82. The normalized spacial score (nSPS) is 27.1. The molecule has 6 heteroatoms. The summed E-state index contributed by atoms with van der Waals surface area (Å²) in [5.41, 5.74) is 0. The number of alkyl halides is 3. The molecule has 0 aromatic rings. The molecule has 0 bridgehead atoms. The van der Waals surface area contributed by atoms with Crippen molar-refractivity contribution in [2.75, 3.05) is 13.1 Å². The van der Waals surface area contributed by atoms with Crippen LogP contribution in [0.3, 0.4) is 0 Å². The van der Waals surface area contributed by atoms with Crippen LogP contribution in [-0.2, 0) is 4.79 Å². The van der Waals surface area contributed by atoms with Crippen LogP contribution in [0.4, 0.5) is 13.2 Å². The highest BCUT2D eigenvalue weighted by Gasteiger charge is 2.47. The Balaban J connectivity index is 2.58. The Bertz CT molecular complexity index is 240. The molecule has 0 aromatic carbocycles. The van der Waals surface area contributed by atoms with Crippen LogP contribution in [0.1, 0.15) is 13.8 Å². The minimum absolute atomic E-state index is 0.119. The standard InChI is InChI=1S/C9H15F3N2O/c1-5(2)8(15)14-7-4-13-3-6(7)9(10,11)12/h5-7,13H,3-4H2,1-2H3,(H,14,15)/t6-,7-/m1/s1. The van der Waals surface area contributed by atoms with E-state index in [2.05, 4.69) is 10.6 Å². The van der Waals surface area contributed by atoms with E-state index in [-0.39, 0.29) is 24.9 Å². The quantitative estimate of drug-likeness (QED) is 0.732. The summed E-state index contributed by atoms with van der Waals surface area (Å²) in [5, 5.41) is 5.05. The third-order valence-corrected chi connectivity index (χ3v) is 2.49. The number of amides is 1. The Hall–Kier alpha value is -0.780. The zero-order chi connectivity index (χ0) is 11.6. The summed E-state index contributed by atoms with van der Waals surface area (Å²) in [5.74, 6) is -2.10. The van der Waals surface area contributed by atoms with Crippen molar-refractivity contribution >= 4 is 5.91 Å². The lowest BCUT2D eigenvalue weighted by Crippen LogP contribution is -2.46. The van der Waals surface area contributed by atoms with Crippen molar-refractivity contribution in [2.45, 2.75) is 26.1 Å². The van der Waals surface area contributed by atoms with Gasteiger partial charge >= 0.3 is 6.18 Å². The molecule has 2 N–H and O–H groups in total. The largest absolute Gasteiger partial charge is 0.395 e. The van der Waals surface area contributed by atoms with Gasteiger partial charge < -0.3 is 10.6 Å². The van der Waals surface area contributed by atoms with Crippen molar-refractivity contribution in [2.24, 2.45) is 11.8 Å². The molecule has 88 valence electrons. The minimum Gasteiger partial charge on any atom is -0.351 e. The molecule has 1 saturated heterocycles. The summed E-state index contributed by atoms with van der Waals surface area (Å²) in [6.45, 7) is 3.37. The molecule has 1 heterocycles. The third kappa shape index (κ3) is 3.09. The van der Waals surface area contributed by atoms with Gasteiger partial charge in [-0.2, -0.15) is 13.2 Å². The average Bonchev–Trinajstić information content (AvgIpc) is 2.50. The van der Waals surface area contributed by atoms with Gasteiger partial charge in [-0.05, 0) is 0 Å². The van der Waals surface area contributed by atoms with Crippen molar-refractivity contribution in [3.8, 4) is 0 Å². The molecular formula is C9H15F3N2O. The summed E-state index contributed by atoms with van der Waals surface area (Å²) in [4.78, 5) is 11.3. The number of carbonyl (C=O) groups excluding carboxylic acids is 1. The van der Waals surface area contributed by atoms with Gasteiger partial charge in [-0.3, -0.25) is 4.79 Å². The van der Waals surface area contributed by atoms with Gasteiger partial charge in [0.25, 0.3) is 0 Å². The lowest BCUT2D eigenvalue weighted by molar-refractivity contribution is -0.174. The molecule has 1 aliphatic rings. The number of hydrogen-bond donors (Lipinski definition) is 2. The maximum absolute atomic E-state index is 12.5. The Morgan fingerprint density at radius 1 is 1.40 bits per heavy atom. The van der Waals surface area contributed by atoms with Gasteiger partial charge in [0.15, 0.2) is 0 Å². The van der Waals surface area contributed by atoms with Crippen molar-refractivity contribution in [3.63, 3.8) is 0 Å². The highest BCUT2D eigenvalue weighted by molar-refractivity contribution is 5.78. The van der Waals surface area contributed by atoms with E-state index in [0.29, 0.717) is 0 Å². The first-order valence-electron chi connectivity index (χ1n) is 4.90. The second-order valence-corrected chi connectivity index (χ2v) is 4.08. The second kappa shape index (κ2) is 4.38. The van der Waals surface area contributed by atoms with Crippen LogP contribution in [0.5, 0.6) is 0 Å². The number of carbonyl (C=O) groups is 1. The fourth-order valence-corrected chi connectivity index (χ4v) is 1.52. The molecule has 2 atom stereocenters. The number of halogens is 3. The molecule has 15 heavy (non-hydrogen) atoms. The van der Waals surface area contributed by atoms with E-state index in [1.165, 1.54) is 0 Å².